The molecule has 0 unspecified atom stereocenters. The Morgan fingerprint density at radius 3 is 0.923 bits per heavy atom. The molecule has 8 aromatic rings. The summed E-state index contributed by atoms with van der Waals surface area (Å²) in [5, 5.41) is 5.36. The first-order chi connectivity index (χ1) is 25.3. The highest BCUT2D eigenvalue weighted by Crippen LogP contribution is 2.60. The quantitative estimate of drug-likeness (QED) is 0.174. The first-order valence-electron chi connectivity index (χ1n) is 18.4. The minimum Gasteiger partial charge on any atom is -0.310 e. The van der Waals surface area contributed by atoms with Gasteiger partial charge in [-0.05, 0) is 128 Å². The molecule has 2 aliphatic carbocycles. The molecule has 52 heavy (non-hydrogen) atoms. The summed E-state index contributed by atoms with van der Waals surface area (Å²) in [5.41, 5.74) is 14.9. The summed E-state index contributed by atoms with van der Waals surface area (Å²) in [6, 6.07) is 62.4. The van der Waals surface area contributed by atoms with Crippen LogP contribution in [0, 0.1) is 0 Å². The van der Waals surface area contributed by atoms with Crippen molar-refractivity contribution in [1.82, 2.24) is 0 Å². The Kier molecular flexibility index (Phi) is 6.60. The lowest BCUT2D eigenvalue weighted by Crippen LogP contribution is -2.30. The van der Waals surface area contributed by atoms with Crippen molar-refractivity contribution in [2.45, 2.75) is 38.5 Å². The third-order valence-electron chi connectivity index (χ3n) is 11.7. The van der Waals surface area contributed by atoms with E-state index in [0.717, 1.165) is 22.7 Å². The Bertz CT molecular complexity index is 2390. The van der Waals surface area contributed by atoms with Crippen LogP contribution in [0.5, 0.6) is 0 Å². The summed E-state index contributed by atoms with van der Waals surface area (Å²) in [4.78, 5) is 4.80. The van der Waals surface area contributed by atoms with Crippen LogP contribution in [-0.4, -0.2) is 0 Å². The molecule has 0 atom stereocenters. The maximum absolute atomic E-state index is 2.47. The molecule has 0 radical (unpaired) electrons. The van der Waals surface area contributed by atoms with Gasteiger partial charge >= 0.3 is 0 Å². The fraction of sp³-hybridized carbons (Fsp3) is 0.120. The van der Waals surface area contributed by atoms with Crippen molar-refractivity contribution < 1.29 is 0 Å². The second-order valence-electron chi connectivity index (χ2n) is 15.4. The third-order valence-corrected chi connectivity index (χ3v) is 11.7. The normalized spacial score (nSPS) is 14.5. The van der Waals surface area contributed by atoms with E-state index in [1.54, 1.807) is 0 Å². The maximum atomic E-state index is 2.47. The molecule has 0 saturated carbocycles. The van der Waals surface area contributed by atoms with Crippen molar-refractivity contribution in [3.8, 4) is 11.1 Å². The molecule has 8 aromatic carbocycles. The van der Waals surface area contributed by atoms with Crippen LogP contribution < -0.4 is 9.80 Å². The molecule has 0 saturated heterocycles. The van der Waals surface area contributed by atoms with Gasteiger partial charge in [0.1, 0.15) is 0 Å². The zero-order valence-corrected chi connectivity index (χ0v) is 30.1. The van der Waals surface area contributed by atoms with Crippen LogP contribution in [0.3, 0.4) is 0 Å². The summed E-state index contributed by atoms with van der Waals surface area (Å²) >= 11 is 0. The zero-order chi connectivity index (χ0) is 35.2. The second kappa shape index (κ2) is 11.2. The Hall–Kier alpha value is -6.12. The molecule has 0 bridgehead atoms. The van der Waals surface area contributed by atoms with Gasteiger partial charge in [-0.15, -0.1) is 0 Å². The van der Waals surface area contributed by atoms with Crippen LogP contribution in [0.15, 0.2) is 170 Å². The van der Waals surface area contributed by atoms with Crippen LogP contribution in [0.25, 0.3) is 32.7 Å². The highest BCUT2D eigenvalue weighted by Gasteiger charge is 2.43. The first kappa shape index (κ1) is 30.7. The predicted octanol–water partition coefficient (Wildman–Crippen LogP) is 13.9. The van der Waals surface area contributed by atoms with Crippen molar-refractivity contribution >= 4 is 55.7 Å². The SMILES string of the molecule is CC1(C)c2ccc3cc(N(c4ccccc4)c4ccccc4)cc4c3c2-c2c(ccc3cc(N(c5ccccc5)c5ccccc5)cc1c23)C4(C)C. The van der Waals surface area contributed by atoms with Gasteiger partial charge in [0.2, 0.25) is 0 Å². The van der Waals surface area contributed by atoms with E-state index in [0.29, 0.717) is 0 Å². The highest BCUT2D eigenvalue weighted by molar-refractivity contribution is 6.16. The van der Waals surface area contributed by atoms with Crippen molar-refractivity contribution in [3.05, 3.63) is 192 Å². The lowest BCUT2D eigenvalue weighted by Gasteiger charge is -2.44. The topological polar surface area (TPSA) is 6.48 Å². The number of hydrogen-bond acceptors (Lipinski definition) is 2. The predicted molar refractivity (Wildman–Crippen MR) is 221 cm³/mol. The van der Waals surface area contributed by atoms with Gasteiger partial charge < -0.3 is 9.80 Å². The van der Waals surface area contributed by atoms with E-state index in [9.17, 15) is 0 Å². The van der Waals surface area contributed by atoms with E-state index in [1.807, 2.05) is 0 Å². The number of hydrogen-bond donors (Lipinski definition) is 0. The number of para-hydroxylation sites is 4. The average Bonchev–Trinajstić information content (AvgIpc) is 3.17. The molecular weight excluding hydrogens is 629 g/mol. The molecule has 0 N–H and O–H groups in total. The molecule has 0 aromatic heterocycles. The molecule has 0 amide bonds. The smallest absolute Gasteiger partial charge is 0.0471 e. The number of rotatable bonds is 6. The largest absolute Gasteiger partial charge is 0.310 e. The van der Waals surface area contributed by atoms with Gasteiger partial charge in [-0.3, -0.25) is 0 Å². The molecule has 0 aliphatic heterocycles. The van der Waals surface area contributed by atoms with Crippen LogP contribution >= 0.6 is 0 Å². The molecule has 2 aliphatic rings. The molecule has 0 spiro atoms. The zero-order valence-electron chi connectivity index (χ0n) is 30.1. The van der Waals surface area contributed by atoms with Crippen molar-refractivity contribution in [2.24, 2.45) is 0 Å². The van der Waals surface area contributed by atoms with Crippen molar-refractivity contribution in [1.29, 1.82) is 0 Å². The van der Waals surface area contributed by atoms with Gasteiger partial charge in [-0.1, -0.05) is 125 Å². The Morgan fingerprint density at radius 2 is 0.615 bits per heavy atom. The lowest BCUT2D eigenvalue weighted by molar-refractivity contribution is 0.628. The lowest BCUT2D eigenvalue weighted by atomic mass is 9.60. The standard InChI is InChI=1S/C50H40N2/c1-49(2)41-27-25-34-30-40(52(37-21-13-7-14-22-37)38-23-15-8-16-24-38)32-44-46(34)47(41)48-42(50(44,3)4)28-26-33-29-39(31-43(49)45(33)48)51(35-17-9-5-10-18-35)36-19-11-6-12-20-36/h5-32H,1-4H3. The van der Waals surface area contributed by atoms with E-state index in [4.69, 9.17) is 0 Å². The number of nitrogens with zero attached hydrogens (tertiary/aromatic N) is 2. The molecule has 250 valence electrons. The van der Waals surface area contributed by atoms with Crippen LogP contribution in [0.2, 0.25) is 0 Å². The molecular formula is C50H40N2. The monoisotopic (exact) mass is 668 g/mol. The summed E-state index contributed by atoms with van der Waals surface area (Å²) in [5.74, 6) is 0. The number of anilines is 6. The summed E-state index contributed by atoms with van der Waals surface area (Å²) in [6.45, 7) is 9.70. The minimum absolute atomic E-state index is 0.222. The fourth-order valence-corrected chi connectivity index (χ4v) is 9.20. The van der Waals surface area contributed by atoms with Crippen molar-refractivity contribution in [3.63, 3.8) is 0 Å². The van der Waals surface area contributed by atoms with Crippen LogP contribution in [0.1, 0.15) is 49.9 Å². The van der Waals surface area contributed by atoms with Crippen LogP contribution in [-0.2, 0) is 10.8 Å². The molecule has 10 rings (SSSR count). The van der Waals surface area contributed by atoms with E-state index in [-0.39, 0.29) is 10.8 Å². The Morgan fingerprint density at radius 1 is 0.308 bits per heavy atom. The van der Waals surface area contributed by atoms with E-state index in [1.165, 1.54) is 66.3 Å². The van der Waals surface area contributed by atoms with Gasteiger partial charge in [0.15, 0.2) is 0 Å². The van der Waals surface area contributed by atoms with Gasteiger partial charge in [0.05, 0.1) is 0 Å². The Labute approximate surface area is 306 Å². The van der Waals surface area contributed by atoms with Crippen molar-refractivity contribution in [2.75, 3.05) is 9.80 Å². The maximum Gasteiger partial charge on any atom is 0.0471 e. The molecule has 0 heterocycles. The summed E-state index contributed by atoms with van der Waals surface area (Å²) in [6.07, 6.45) is 0. The minimum atomic E-state index is -0.222. The van der Waals surface area contributed by atoms with Crippen LogP contribution in [0.4, 0.5) is 34.1 Å². The Balaban J connectivity index is 1.25. The third kappa shape index (κ3) is 4.37. The van der Waals surface area contributed by atoms with Gasteiger partial charge in [-0.25, -0.2) is 0 Å². The van der Waals surface area contributed by atoms with E-state index >= 15 is 0 Å². The molecule has 2 heteroatoms. The second-order valence-corrected chi connectivity index (χ2v) is 15.4. The summed E-state index contributed by atoms with van der Waals surface area (Å²) in [7, 11) is 0. The van der Waals surface area contributed by atoms with Gasteiger partial charge in [0, 0.05) is 45.0 Å². The average molecular weight is 669 g/mol. The molecule has 2 nitrogen and oxygen atoms in total. The highest BCUT2D eigenvalue weighted by atomic mass is 15.1. The fourth-order valence-electron chi connectivity index (χ4n) is 9.20. The first-order valence-corrected chi connectivity index (χ1v) is 18.4. The van der Waals surface area contributed by atoms with Gasteiger partial charge in [-0.2, -0.15) is 0 Å². The summed E-state index contributed by atoms with van der Waals surface area (Å²) < 4.78 is 0. The van der Waals surface area contributed by atoms with E-state index < -0.39 is 0 Å². The van der Waals surface area contributed by atoms with Gasteiger partial charge in [0.25, 0.3) is 0 Å². The number of benzene rings is 8. The molecule has 0 fully saturated rings. The van der Waals surface area contributed by atoms with E-state index in [2.05, 4.69) is 207 Å².